The van der Waals surface area contributed by atoms with Crippen LogP contribution < -0.4 is 4.74 Å². The van der Waals surface area contributed by atoms with Crippen LogP contribution in [0.3, 0.4) is 0 Å². The molecule has 4 nitrogen and oxygen atoms in total. The SMILES string of the molecule is CCOC(=O)c1cc(C#N)c(Cl)cc1OC(F)F. The van der Waals surface area contributed by atoms with Crippen LogP contribution in [0.25, 0.3) is 0 Å². The monoisotopic (exact) mass is 275 g/mol. The second-order valence-electron chi connectivity index (χ2n) is 3.04. The summed E-state index contributed by atoms with van der Waals surface area (Å²) in [5, 5.41) is 8.67. The number of nitriles is 1. The van der Waals surface area contributed by atoms with E-state index in [0.717, 1.165) is 12.1 Å². The van der Waals surface area contributed by atoms with Gasteiger partial charge in [0.2, 0.25) is 0 Å². The number of carbonyl (C=O) groups excluding carboxylic acids is 1. The summed E-state index contributed by atoms with van der Waals surface area (Å²) in [6, 6.07) is 3.77. The first-order valence-electron chi connectivity index (χ1n) is 4.85. The summed E-state index contributed by atoms with van der Waals surface area (Å²) < 4.78 is 33.2. The van der Waals surface area contributed by atoms with Gasteiger partial charge >= 0.3 is 12.6 Å². The second-order valence-corrected chi connectivity index (χ2v) is 3.45. The van der Waals surface area contributed by atoms with E-state index in [9.17, 15) is 13.6 Å². The van der Waals surface area contributed by atoms with Crippen molar-refractivity contribution in [1.82, 2.24) is 0 Å². The van der Waals surface area contributed by atoms with Crippen molar-refractivity contribution in [2.75, 3.05) is 6.61 Å². The Labute approximate surface area is 107 Å². The van der Waals surface area contributed by atoms with Crippen molar-refractivity contribution >= 4 is 17.6 Å². The zero-order valence-electron chi connectivity index (χ0n) is 9.25. The summed E-state index contributed by atoms with van der Waals surface area (Å²) in [5.74, 6) is -1.28. The van der Waals surface area contributed by atoms with Gasteiger partial charge in [-0.1, -0.05) is 11.6 Å². The minimum atomic E-state index is -3.11. The highest BCUT2D eigenvalue weighted by Gasteiger charge is 2.19. The predicted molar refractivity (Wildman–Crippen MR) is 58.8 cm³/mol. The zero-order valence-corrected chi connectivity index (χ0v) is 10.0. The fourth-order valence-corrected chi connectivity index (χ4v) is 1.40. The smallest absolute Gasteiger partial charge is 0.387 e. The maximum absolute atomic E-state index is 12.2. The molecule has 0 aliphatic heterocycles. The number of benzene rings is 1. The van der Waals surface area contributed by atoms with Crippen molar-refractivity contribution in [2.45, 2.75) is 13.5 Å². The largest absolute Gasteiger partial charge is 0.462 e. The maximum Gasteiger partial charge on any atom is 0.387 e. The van der Waals surface area contributed by atoms with E-state index in [4.69, 9.17) is 16.9 Å². The van der Waals surface area contributed by atoms with Gasteiger partial charge in [0, 0.05) is 6.07 Å². The van der Waals surface area contributed by atoms with Gasteiger partial charge in [-0.05, 0) is 13.0 Å². The van der Waals surface area contributed by atoms with Gasteiger partial charge < -0.3 is 9.47 Å². The summed E-state index contributed by atoms with van der Waals surface area (Å²) in [4.78, 5) is 11.5. The summed E-state index contributed by atoms with van der Waals surface area (Å²) in [7, 11) is 0. The van der Waals surface area contributed by atoms with Gasteiger partial charge in [0.05, 0.1) is 17.2 Å². The molecule has 0 bridgehead atoms. The molecule has 0 saturated carbocycles. The molecule has 0 atom stereocenters. The van der Waals surface area contributed by atoms with Crippen molar-refractivity contribution < 1.29 is 23.0 Å². The maximum atomic E-state index is 12.2. The van der Waals surface area contributed by atoms with E-state index >= 15 is 0 Å². The lowest BCUT2D eigenvalue weighted by Gasteiger charge is -2.11. The molecule has 0 fully saturated rings. The van der Waals surface area contributed by atoms with Crippen LogP contribution in [-0.2, 0) is 4.74 Å². The summed E-state index contributed by atoms with van der Waals surface area (Å²) >= 11 is 5.67. The number of ether oxygens (including phenoxy) is 2. The Morgan fingerprint density at radius 3 is 2.72 bits per heavy atom. The highest BCUT2D eigenvalue weighted by Crippen LogP contribution is 2.28. The molecule has 1 aromatic rings. The molecular weight excluding hydrogens is 268 g/mol. The molecule has 0 aromatic heterocycles. The van der Waals surface area contributed by atoms with E-state index in [-0.39, 0.29) is 22.8 Å². The van der Waals surface area contributed by atoms with Gasteiger partial charge in [0.25, 0.3) is 0 Å². The van der Waals surface area contributed by atoms with Crippen LogP contribution in [-0.4, -0.2) is 19.2 Å². The minimum Gasteiger partial charge on any atom is -0.462 e. The fraction of sp³-hybridized carbons (Fsp3) is 0.273. The molecule has 0 aliphatic carbocycles. The van der Waals surface area contributed by atoms with Crippen LogP contribution in [0.5, 0.6) is 5.75 Å². The summed E-state index contributed by atoms with van der Waals surface area (Å²) in [6.07, 6.45) is 0. The Morgan fingerprint density at radius 1 is 1.56 bits per heavy atom. The number of esters is 1. The Kier molecular flexibility index (Phi) is 4.86. The zero-order chi connectivity index (χ0) is 13.7. The molecule has 0 unspecified atom stereocenters. The molecule has 18 heavy (non-hydrogen) atoms. The lowest BCUT2D eigenvalue weighted by molar-refractivity contribution is -0.0504. The number of hydrogen-bond donors (Lipinski definition) is 0. The molecule has 7 heteroatoms. The first-order valence-corrected chi connectivity index (χ1v) is 5.23. The molecule has 0 N–H and O–H groups in total. The summed E-state index contributed by atoms with van der Waals surface area (Å²) in [6.45, 7) is -1.48. The first-order chi connectivity index (χ1) is 8.49. The number of rotatable bonds is 4. The Balaban J connectivity index is 3.26. The van der Waals surface area contributed by atoms with Gasteiger partial charge in [-0.25, -0.2) is 4.79 Å². The molecule has 0 amide bonds. The predicted octanol–water partition coefficient (Wildman–Crippen LogP) is 2.99. The molecule has 96 valence electrons. The van der Waals surface area contributed by atoms with Gasteiger partial charge in [0.15, 0.2) is 0 Å². The number of hydrogen-bond acceptors (Lipinski definition) is 4. The van der Waals surface area contributed by atoms with Crippen molar-refractivity contribution in [3.63, 3.8) is 0 Å². The Hall–Kier alpha value is -1.87. The molecule has 0 aliphatic rings. The van der Waals surface area contributed by atoms with Crippen molar-refractivity contribution in [1.29, 1.82) is 5.26 Å². The molecule has 0 spiro atoms. The third-order valence-corrected chi connectivity index (χ3v) is 2.21. The van der Waals surface area contributed by atoms with E-state index < -0.39 is 18.3 Å². The molecule has 0 heterocycles. The molecule has 1 aromatic carbocycles. The van der Waals surface area contributed by atoms with E-state index in [0.29, 0.717) is 0 Å². The first kappa shape index (κ1) is 14.2. The van der Waals surface area contributed by atoms with Crippen LogP contribution >= 0.6 is 11.6 Å². The van der Waals surface area contributed by atoms with Crippen molar-refractivity contribution in [2.24, 2.45) is 0 Å². The molecule has 0 saturated heterocycles. The van der Waals surface area contributed by atoms with Crippen LogP contribution in [0.4, 0.5) is 8.78 Å². The number of nitrogens with zero attached hydrogens (tertiary/aromatic N) is 1. The van der Waals surface area contributed by atoms with Gasteiger partial charge in [-0.3, -0.25) is 0 Å². The van der Waals surface area contributed by atoms with Crippen LogP contribution in [0.2, 0.25) is 5.02 Å². The van der Waals surface area contributed by atoms with E-state index in [1.165, 1.54) is 0 Å². The number of halogens is 3. The normalized spacial score (nSPS) is 10.0. The minimum absolute atomic E-state index is 0.0265. The fourth-order valence-electron chi connectivity index (χ4n) is 1.20. The van der Waals surface area contributed by atoms with Crippen LogP contribution in [0.15, 0.2) is 12.1 Å². The van der Waals surface area contributed by atoms with Crippen molar-refractivity contribution in [3.8, 4) is 11.8 Å². The Bertz CT molecular complexity index is 500. The number of alkyl halides is 2. The van der Waals surface area contributed by atoms with Crippen LogP contribution in [0, 0.1) is 11.3 Å². The molecule has 0 radical (unpaired) electrons. The number of carbonyl (C=O) groups is 1. The van der Waals surface area contributed by atoms with E-state index in [1.807, 2.05) is 0 Å². The third kappa shape index (κ3) is 3.31. The van der Waals surface area contributed by atoms with E-state index in [2.05, 4.69) is 9.47 Å². The quantitative estimate of drug-likeness (QED) is 0.793. The van der Waals surface area contributed by atoms with E-state index in [1.54, 1.807) is 13.0 Å². The Morgan fingerprint density at radius 2 is 2.22 bits per heavy atom. The standard InChI is InChI=1S/C11H8ClF2NO3/c1-2-17-10(16)7-3-6(5-15)8(12)4-9(7)18-11(13)14/h3-4,11H,2H2,1H3. The second kappa shape index (κ2) is 6.17. The summed E-state index contributed by atoms with van der Waals surface area (Å²) in [5.41, 5.74) is -0.292. The highest BCUT2D eigenvalue weighted by atomic mass is 35.5. The third-order valence-electron chi connectivity index (χ3n) is 1.90. The van der Waals surface area contributed by atoms with Crippen molar-refractivity contribution in [3.05, 3.63) is 28.3 Å². The lowest BCUT2D eigenvalue weighted by Crippen LogP contribution is -2.11. The van der Waals surface area contributed by atoms with Crippen LogP contribution in [0.1, 0.15) is 22.8 Å². The lowest BCUT2D eigenvalue weighted by atomic mass is 10.1. The average molecular weight is 276 g/mol. The average Bonchev–Trinajstić information content (AvgIpc) is 2.28. The highest BCUT2D eigenvalue weighted by molar-refractivity contribution is 6.32. The van der Waals surface area contributed by atoms with Gasteiger partial charge in [-0.2, -0.15) is 14.0 Å². The molecular formula is C11H8ClF2NO3. The topological polar surface area (TPSA) is 59.3 Å². The molecule has 1 rings (SSSR count). The van der Waals surface area contributed by atoms with Gasteiger partial charge in [0.1, 0.15) is 17.4 Å². The van der Waals surface area contributed by atoms with Gasteiger partial charge in [-0.15, -0.1) is 0 Å².